The van der Waals surface area contributed by atoms with Crippen molar-refractivity contribution in [2.45, 2.75) is 26.5 Å². The highest BCUT2D eigenvalue weighted by molar-refractivity contribution is 6.51. The van der Waals surface area contributed by atoms with Gasteiger partial charge in [-0.1, -0.05) is 47.6 Å². The Hall–Kier alpha value is -4.85. The summed E-state index contributed by atoms with van der Waals surface area (Å²) in [6, 6.07) is 24.2. The third kappa shape index (κ3) is 4.88. The van der Waals surface area contributed by atoms with Gasteiger partial charge in [0.15, 0.2) is 5.82 Å². The van der Waals surface area contributed by atoms with Crippen LogP contribution in [0.25, 0.3) is 5.76 Å². The van der Waals surface area contributed by atoms with Crippen LogP contribution in [0.5, 0.6) is 11.5 Å². The number of Topliss-reactive ketones (excluding diaryl/α,β-unsaturated/α-hetero) is 1. The Labute approximate surface area is 219 Å². The van der Waals surface area contributed by atoms with Crippen LogP contribution in [0, 0.1) is 6.92 Å². The first-order chi connectivity index (χ1) is 18.5. The number of rotatable bonds is 8. The molecule has 38 heavy (non-hydrogen) atoms. The van der Waals surface area contributed by atoms with Crippen LogP contribution in [0.3, 0.4) is 0 Å². The number of amides is 1. The maximum Gasteiger partial charge on any atom is 0.301 e. The van der Waals surface area contributed by atoms with Gasteiger partial charge in [0.05, 0.1) is 18.2 Å². The summed E-state index contributed by atoms with van der Waals surface area (Å²) in [5, 5.41) is 15.2. The number of aromatic nitrogens is 1. The molecule has 1 fully saturated rings. The average molecular weight is 511 g/mol. The van der Waals surface area contributed by atoms with Crippen molar-refractivity contribution in [2.24, 2.45) is 0 Å². The van der Waals surface area contributed by atoms with Gasteiger partial charge < -0.3 is 19.1 Å². The van der Waals surface area contributed by atoms with Crippen LogP contribution in [0.15, 0.2) is 95.0 Å². The van der Waals surface area contributed by atoms with Crippen LogP contribution >= 0.6 is 0 Å². The summed E-state index contributed by atoms with van der Waals surface area (Å²) < 4.78 is 16.6. The van der Waals surface area contributed by atoms with E-state index in [2.05, 4.69) is 5.16 Å². The standard InChI is InChI=1S/C30H26N2O6/c1-3-36-23-15-11-22(12-16-23)28(33)26-27(32(30(35)29(26)34)25-17-19(2)38-31-25)21-9-13-24(14-10-21)37-18-20-7-5-4-6-8-20/h4-17,27,33H,3,18H2,1-2H3/b28-26-. The zero-order chi connectivity index (χ0) is 26.6. The lowest BCUT2D eigenvalue weighted by molar-refractivity contribution is -0.132. The quantitative estimate of drug-likeness (QED) is 0.187. The van der Waals surface area contributed by atoms with Gasteiger partial charge >= 0.3 is 5.91 Å². The van der Waals surface area contributed by atoms with Crippen LogP contribution < -0.4 is 14.4 Å². The predicted molar refractivity (Wildman–Crippen MR) is 141 cm³/mol. The molecular formula is C30H26N2O6. The van der Waals surface area contributed by atoms with Crippen molar-refractivity contribution >= 4 is 23.3 Å². The highest BCUT2D eigenvalue weighted by Gasteiger charge is 2.48. The number of carbonyl (C=O) groups excluding carboxylic acids is 2. The van der Waals surface area contributed by atoms with E-state index in [4.69, 9.17) is 14.0 Å². The van der Waals surface area contributed by atoms with Crippen molar-refractivity contribution in [2.75, 3.05) is 11.5 Å². The lowest BCUT2D eigenvalue weighted by Crippen LogP contribution is -2.29. The summed E-state index contributed by atoms with van der Waals surface area (Å²) >= 11 is 0. The molecule has 192 valence electrons. The molecule has 8 nitrogen and oxygen atoms in total. The van der Waals surface area contributed by atoms with Gasteiger partial charge in [0, 0.05) is 11.6 Å². The Bertz CT molecular complexity index is 1470. The van der Waals surface area contributed by atoms with E-state index in [0.29, 0.717) is 41.6 Å². The number of aliphatic hydroxyl groups is 1. The van der Waals surface area contributed by atoms with E-state index < -0.39 is 17.7 Å². The molecule has 0 radical (unpaired) electrons. The number of ether oxygens (including phenoxy) is 2. The molecule has 0 bridgehead atoms. The van der Waals surface area contributed by atoms with E-state index in [-0.39, 0.29) is 17.2 Å². The second-order valence-electron chi connectivity index (χ2n) is 8.77. The second-order valence-corrected chi connectivity index (χ2v) is 8.77. The average Bonchev–Trinajstić information content (AvgIpc) is 3.48. The maximum absolute atomic E-state index is 13.3. The minimum absolute atomic E-state index is 0.0437. The lowest BCUT2D eigenvalue weighted by Gasteiger charge is -2.23. The molecule has 1 aliphatic rings. The summed E-state index contributed by atoms with van der Waals surface area (Å²) in [6.07, 6.45) is 0. The summed E-state index contributed by atoms with van der Waals surface area (Å²) in [7, 11) is 0. The number of ketones is 1. The first kappa shape index (κ1) is 24.8. The van der Waals surface area contributed by atoms with Crippen molar-refractivity contribution in [3.63, 3.8) is 0 Å². The smallest absolute Gasteiger partial charge is 0.301 e. The summed E-state index contributed by atoms with van der Waals surface area (Å²) in [6.45, 7) is 4.47. The first-order valence-corrected chi connectivity index (χ1v) is 12.2. The molecule has 3 aromatic carbocycles. The van der Waals surface area contributed by atoms with Crippen LogP contribution in [-0.4, -0.2) is 28.6 Å². The van der Waals surface area contributed by atoms with Crippen molar-refractivity contribution in [1.29, 1.82) is 0 Å². The third-order valence-corrected chi connectivity index (χ3v) is 6.19. The van der Waals surface area contributed by atoms with Gasteiger partial charge in [-0.25, -0.2) is 0 Å². The number of aryl methyl sites for hydroxylation is 1. The fourth-order valence-electron chi connectivity index (χ4n) is 4.37. The number of anilines is 1. The Morgan fingerprint density at radius 1 is 0.947 bits per heavy atom. The van der Waals surface area contributed by atoms with Gasteiger partial charge in [0.2, 0.25) is 0 Å². The van der Waals surface area contributed by atoms with E-state index in [1.807, 2.05) is 37.3 Å². The molecule has 5 rings (SSSR count). The summed E-state index contributed by atoms with van der Waals surface area (Å²) in [4.78, 5) is 27.7. The molecule has 2 heterocycles. The van der Waals surface area contributed by atoms with Crippen LogP contribution in [-0.2, 0) is 16.2 Å². The van der Waals surface area contributed by atoms with Crippen LogP contribution in [0.4, 0.5) is 5.82 Å². The number of benzene rings is 3. The summed E-state index contributed by atoms with van der Waals surface area (Å²) in [5.74, 6) is 0.0142. The van der Waals surface area contributed by atoms with Crippen molar-refractivity contribution < 1.29 is 28.7 Å². The predicted octanol–water partition coefficient (Wildman–Crippen LogP) is 5.59. The van der Waals surface area contributed by atoms with E-state index in [1.165, 1.54) is 4.90 Å². The Balaban J connectivity index is 1.52. The molecular weight excluding hydrogens is 484 g/mol. The first-order valence-electron chi connectivity index (χ1n) is 12.2. The highest BCUT2D eigenvalue weighted by atomic mass is 16.5. The van der Waals surface area contributed by atoms with Gasteiger partial charge in [0.25, 0.3) is 5.78 Å². The Morgan fingerprint density at radius 3 is 2.24 bits per heavy atom. The monoisotopic (exact) mass is 510 g/mol. The third-order valence-electron chi connectivity index (χ3n) is 6.19. The van der Waals surface area contributed by atoms with Gasteiger partial charge in [0.1, 0.15) is 29.6 Å². The van der Waals surface area contributed by atoms with E-state index in [9.17, 15) is 14.7 Å². The van der Waals surface area contributed by atoms with Crippen molar-refractivity contribution in [3.8, 4) is 11.5 Å². The SMILES string of the molecule is CCOc1ccc(/C(O)=C2/C(=O)C(=O)N(c3cc(C)on3)C2c2ccc(OCc3ccccc3)cc2)cc1. The fraction of sp³-hybridized carbons (Fsp3) is 0.167. The zero-order valence-corrected chi connectivity index (χ0v) is 21.0. The topological polar surface area (TPSA) is 102 Å². The molecule has 1 aromatic heterocycles. The summed E-state index contributed by atoms with van der Waals surface area (Å²) in [5.41, 5.74) is 1.97. The molecule has 1 unspecified atom stereocenters. The Morgan fingerprint density at radius 2 is 1.61 bits per heavy atom. The largest absolute Gasteiger partial charge is 0.507 e. The number of hydrogen-bond acceptors (Lipinski definition) is 7. The molecule has 0 saturated carbocycles. The molecule has 4 aromatic rings. The van der Waals surface area contributed by atoms with Crippen LogP contribution in [0.2, 0.25) is 0 Å². The van der Waals surface area contributed by atoms with E-state index in [0.717, 1.165) is 5.56 Å². The minimum atomic E-state index is -0.922. The second kappa shape index (κ2) is 10.6. The van der Waals surface area contributed by atoms with Crippen LogP contribution in [0.1, 0.15) is 35.4 Å². The highest BCUT2D eigenvalue weighted by Crippen LogP contribution is 2.42. The van der Waals surface area contributed by atoms with E-state index >= 15 is 0 Å². The van der Waals surface area contributed by atoms with Gasteiger partial charge in [-0.05, 0) is 61.4 Å². The zero-order valence-electron chi connectivity index (χ0n) is 21.0. The number of hydrogen-bond donors (Lipinski definition) is 1. The van der Waals surface area contributed by atoms with E-state index in [1.54, 1.807) is 61.5 Å². The molecule has 0 spiro atoms. The fourth-order valence-corrected chi connectivity index (χ4v) is 4.37. The van der Waals surface area contributed by atoms with Gasteiger partial charge in [-0.15, -0.1) is 0 Å². The van der Waals surface area contributed by atoms with Crippen molar-refractivity contribution in [3.05, 3.63) is 113 Å². The molecule has 1 amide bonds. The number of carbonyl (C=O) groups is 2. The Kier molecular flexibility index (Phi) is 6.95. The van der Waals surface area contributed by atoms with Gasteiger partial charge in [-0.2, -0.15) is 0 Å². The molecule has 0 aliphatic carbocycles. The molecule has 1 aliphatic heterocycles. The maximum atomic E-state index is 13.3. The lowest BCUT2D eigenvalue weighted by atomic mass is 9.95. The minimum Gasteiger partial charge on any atom is -0.507 e. The molecule has 1 N–H and O–H groups in total. The van der Waals surface area contributed by atoms with Crippen molar-refractivity contribution in [1.82, 2.24) is 5.16 Å². The normalized spacial score (nSPS) is 16.6. The molecule has 8 heteroatoms. The van der Waals surface area contributed by atoms with Gasteiger partial charge in [-0.3, -0.25) is 14.5 Å². The molecule has 1 atom stereocenters. The molecule has 1 saturated heterocycles. The number of nitrogens with zero attached hydrogens (tertiary/aromatic N) is 2. The number of aliphatic hydroxyl groups excluding tert-OH is 1.